The third-order valence-electron chi connectivity index (χ3n) is 2.48. The summed E-state index contributed by atoms with van der Waals surface area (Å²) >= 11 is 1.74. The Labute approximate surface area is 156 Å². The van der Waals surface area contributed by atoms with Crippen molar-refractivity contribution in [3.63, 3.8) is 0 Å². The molecule has 112 valence electrons. The molecule has 0 aliphatic heterocycles. The molecular weight excluding hydrogens is 394 g/mol. The van der Waals surface area contributed by atoms with Gasteiger partial charge in [-0.05, 0) is 0 Å². The van der Waals surface area contributed by atoms with Crippen LogP contribution < -0.4 is 24.8 Å². The molecule has 2 aromatic rings. The van der Waals surface area contributed by atoms with Gasteiger partial charge in [-0.2, -0.15) is 17.7 Å². The minimum Gasteiger partial charge on any atom is -1.00 e. The zero-order valence-electron chi connectivity index (χ0n) is 12.7. The first-order chi connectivity index (χ1) is 9.11. The first-order valence-corrected chi connectivity index (χ1v) is 12.6. The Kier molecular flexibility index (Phi) is 15.1. The molecule has 2 aromatic carbocycles. The summed E-state index contributed by atoms with van der Waals surface area (Å²) in [6.45, 7) is 6.76. The maximum atomic E-state index is 2.99. The quantitative estimate of drug-likeness (QED) is 0.382. The van der Waals surface area contributed by atoms with Crippen molar-refractivity contribution in [1.82, 2.24) is 0 Å². The average molecular weight is 415 g/mol. The number of fused-ring (bicyclic) bond motifs is 1. The van der Waals surface area contributed by atoms with Gasteiger partial charge in [0.25, 0.3) is 0 Å². The van der Waals surface area contributed by atoms with Gasteiger partial charge in [-0.1, -0.05) is 13.0 Å². The molecule has 0 unspecified atom stereocenters. The normalized spacial score (nSPS) is 10.5. The fraction of sp³-hybridized carbons (Fsp3) is 0.235. The summed E-state index contributed by atoms with van der Waals surface area (Å²) < 4.78 is 0. The van der Waals surface area contributed by atoms with E-state index in [1.165, 1.54) is 16.3 Å². The summed E-state index contributed by atoms with van der Waals surface area (Å²) in [5, 5.41) is 2.72. The molecule has 0 fully saturated rings. The van der Waals surface area contributed by atoms with Gasteiger partial charge in [-0.25, -0.2) is 12.2 Å². The van der Waals surface area contributed by atoms with Gasteiger partial charge >= 0.3 is 41.9 Å². The standard InChI is InChI=1S/C10H9.C5H5.C2H6Si.2ClH.Zr/c1-8-6-7-9-4-2-3-5-10(8)9;1-2-4-5-3-1;1-3-2;;;/h2-7H,1H3;1-3H,4H2;1-2H3;2*1H;/q2*-1;;;;+2/p-2. The summed E-state index contributed by atoms with van der Waals surface area (Å²) in [4.78, 5) is 0. The van der Waals surface area contributed by atoms with E-state index >= 15 is 0 Å². The number of rotatable bonds is 0. The molecule has 1 aliphatic rings. The van der Waals surface area contributed by atoms with Crippen molar-refractivity contribution in [2.75, 3.05) is 0 Å². The van der Waals surface area contributed by atoms with Crippen molar-refractivity contribution in [3.05, 3.63) is 66.3 Å². The van der Waals surface area contributed by atoms with Crippen molar-refractivity contribution in [2.45, 2.75) is 26.4 Å². The number of halogens is 2. The Balaban J connectivity index is 0. The van der Waals surface area contributed by atoms with E-state index in [1.807, 2.05) is 12.2 Å². The molecule has 0 N–H and O–H groups in total. The van der Waals surface area contributed by atoms with Crippen LogP contribution in [0.3, 0.4) is 0 Å². The van der Waals surface area contributed by atoms with Crippen molar-refractivity contribution >= 4 is 16.2 Å². The maximum absolute atomic E-state index is 2.99. The van der Waals surface area contributed by atoms with Gasteiger partial charge in [0.2, 0.25) is 0 Å². The molecule has 0 nitrogen and oxygen atoms in total. The minimum atomic E-state index is 0. The van der Waals surface area contributed by atoms with Gasteiger partial charge in [0, 0.05) is 0 Å². The number of hydrogen-bond donors (Lipinski definition) is 0. The number of benzene rings is 1. The van der Waals surface area contributed by atoms with Crippen LogP contribution in [0.4, 0.5) is 0 Å². The summed E-state index contributed by atoms with van der Waals surface area (Å²) in [5.74, 6) is 0. The molecule has 0 amide bonds. The third kappa shape index (κ3) is 10.4. The second-order valence-electron chi connectivity index (χ2n) is 4.61. The fourth-order valence-corrected chi connectivity index (χ4v) is 1.65. The smallest absolute Gasteiger partial charge is 0.0809 e. The van der Waals surface area contributed by atoms with Crippen LogP contribution in [0.25, 0.3) is 10.8 Å². The molecule has 1 aliphatic carbocycles. The van der Waals surface area contributed by atoms with Crippen LogP contribution in [0.2, 0.25) is 13.1 Å². The zero-order chi connectivity index (χ0) is 14.1. The van der Waals surface area contributed by atoms with Gasteiger partial charge < -0.3 is 24.8 Å². The number of aryl methyl sites for hydroxylation is 1. The average Bonchev–Trinajstić information content (AvgIpc) is 3.03. The van der Waals surface area contributed by atoms with E-state index < -0.39 is 0 Å². The number of allylic oxidation sites excluding steroid dienone is 4. The Hall–Kier alpha value is -0.0100. The van der Waals surface area contributed by atoms with Crippen molar-refractivity contribution in [3.8, 4) is 0 Å². The van der Waals surface area contributed by atoms with Crippen LogP contribution in [0.15, 0.2) is 54.6 Å². The Bertz CT molecular complexity index is 571. The molecule has 0 spiro atoms. The summed E-state index contributed by atoms with van der Waals surface area (Å²) in [7, 11) is 0. The predicted octanol–water partition coefficient (Wildman–Crippen LogP) is -1.03. The van der Waals surface area contributed by atoms with E-state index in [1.54, 1.807) is 23.3 Å². The molecule has 0 saturated carbocycles. The Morgan fingerprint density at radius 2 is 1.81 bits per heavy atom. The summed E-state index contributed by atoms with van der Waals surface area (Å²) in [5.41, 5.74) is 1.58. The van der Waals surface area contributed by atoms with E-state index in [0.717, 1.165) is 6.42 Å². The van der Waals surface area contributed by atoms with Crippen molar-refractivity contribution < 1.29 is 48.1 Å². The van der Waals surface area contributed by atoms with Crippen LogP contribution in [0.1, 0.15) is 12.0 Å². The zero-order valence-corrected chi connectivity index (χ0v) is 17.6. The monoisotopic (exact) mass is 412 g/mol. The molecule has 0 heterocycles. The predicted molar refractivity (Wildman–Crippen MR) is 83.3 cm³/mol. The van der Waals surface area contributed by atoms with Crippen LogP contribution in [-0.4, -0.2) is 5.43 Å². The van der Waals surface area contributed by atoms with Crippen LogP contribution in [0.5, 0.6) is 0 Å². The van der Waals surface area contributed by atoms with Gasteiger partial charge in [0.1, 0.15) is 0 Å². The molecule has 21 heavy (non-hydrogen) atoms. The van der Waals surface area contributed by atoms with E-state index in [2.05, 4.69) is 68.6 Å². The topological polar surface area (TPSA) is 0 Å². The first kappa shape index (κ1) is 23.3. The van der Waals surface area contributed by atoms with Crippen molar-refractivity contribution in [2.24, 2.45) is 0 Å². The van der Waals surface area contributed by atoms with Gasteiger partial charge in [0.05, 0.1) is 0 Å². The molecule has 0 atom stereocenters. The minimum absolute atomic E-state index is 0. The van der Waals surface area contributed by atoms with Gasteiger partial charge in [0.15, 0.2) is 0 Å². The van der Waals surface area contributed by atoms with Gasteiger partial charge in [-0.15, -0.1) is 41.5 Å². The third-order valence-corrected chi connectivity index (χ3v) is 2.48. The fourth-order valence-electron chi connectivity index (χ4n) is 1.65. The second-order valence-corrected chi connectivity index (χ2v) is 14.0. The molecule has 0 aromatic heterocycles. The van der Waals surface area contributed by atoms with E-state index in [4.69, 9.17) is 0 Å². The summed E-state index contributed by atoms with van der Waals surface area (Å²) in [6.07, 6.45) is 10.0. The molecule has 0 bridgehead atoms. The molecular formula is C17H20Cl2SiZr-2. The van der Waals surface area contributed by atoms with E-state index in [9.17, 15) is 0 Å². The van der Waals surface area contributed by atoms with Gasteiger partial charge in [-0.3, -0.25) is 6.08 Å². The van der Waals surface area contributed by atoms with Crippen LogP contribution >= 0.6 is 0 Å². The van der Waals surface area contributed by atoms with Crippen molar-refractivity contribution in [1.29, 1.82) is 0 Å². The first-order valence-electron chi connectivity index (χ1n) is 6.46. The second kappa shape index (κ2) is 13.6. The molecule has 4 heteroatoms. The number of hydrogen-bond acceptors (Lipinski definition) is 0. The Morgan fingerprint density at radius 1 is 1.19 bits per heavy atom. The molecule has 0 radical (unpaired) electrons. The summed E-state index contributed by atoms with van der Waals surface area (Å²) in [6, 6.07) is 12.8. The largest absolute Gasteiger partial charge is 1.00 e. The molecule has 0 saturated heterocycles. The van der Waals surface area contributed by atoms with E-state index in [-0.39, 0.29) is 30.2 Å². The van der Waals surface area contributed by atoms with Crippen LogP contribution in [-0.2, 0) is 23.3 Å². The maximum Gasteiger partial charge on any atom is -0.0809 e. The molecule has 3 rings (SSSR count). The van der Waals surface area contributed by atoms with E-state index in [0.29, 0.717) is 0 Å². The Morgan fingerprint density at radius 3 is 2.24 bits per heavy atom. The van der Waals surface area contributed by atoms with Crippen LogP contribution in [0, 0.1) is 13.0 Å². The SMILES string of the molecule is C[Si](C)=[Zr+2].Cc1c[cH-]c2ccccc12.[C-]1=CC=CC1.[Cl-].[Cl-].